The molecule has 5 aromatic rings. The highest BCUT2D eigenvalue weighted by molar-refractivity contribution is 7.99. The van der Waals surface area contributed by atoms with Crippen molar-refractivity contribution in [3.8, 4) is 22.6 Å². The summed E-state index contributed by atoms with van der Waals surface area (Å²) in [5.74, 6) is 0.00667. The van der Waals surface area contributed by atoms with E-state index in [1.807, 2.05) is 72.8 Å². The molecule has 6 rings (SSSR count). The largest absolute Gasteiger partial charge is 0.508 e. The topological polar surface area (TPSA) is 181 Å². The van der Waals surface area contributed by atoms with Gasteiger partial charge in [-0.05, 0) is 68.9 Å². The highest BCUT2D eigenvalue weighted by atomic mass is 32.2. The summed E-state index contributed by atoms with van der Waals surface area (Å²) in [7, 11) is 0. The highest BCUT2D eigenvalue weighted by Gasteiger charge is 2.33. The van der Waals surface area contributed by atoms with Crippen molar-refractivity contribution < 1.29 is 34.5 Å². The Morgan fingerprint density at radius 2 is 1.61 bits per heavy atom. The van der Waals surface area contributed by atoms with E-state index in [2.05, 4.69) is 20.8 Å². The van der Waals surface area contributed by atoms with Crippen LogP contribution in [0.25, 0.3) is 16.8 Å². The van der Waals surface area contributed by atoms with Gasteiger partial charge in [-0.15, -0.1) is 5.10 Å². The van der Waals surface area contributed by atoms with Gasteiger partial charge in [-0.1, -0.05) is 84.6 Å². The van der Waals surface area contributed by atoms with E-state index in [-0.39, 0.29) is 43.3 Å². The Balaban J connectivity index is 1.16. The molecule has 4 aromatic carbocycles. The van der Waals surface area contributed by atoms with Crippen LogP contribution >= 0.6 is 11.8 Å². The molecule has 5 N–H and O–H groups in total. The number of aromatic nitrogens is 4. The van der Waals surface area contributed by atoms with Crippen LogP contribution in [-0.4, -0.2) is 59.3 Å². The van der Waals surface area contributed by atoms with Gasteiger partial charge in [0.2, 0.25) is 17.0 Å². The summed E-state index contributed by atoms with van der Waals surface area (Å²) in [6, 6.07) is 30.2. The number of ether oxygens (including phenoxy) is 2. The molecule has 2 amide bonds. The number of rotatable bonds is 14. The van der Waals surface area contributed by atoms with Crippen LogP contribution < -0.4 is 10.8 Å². The maximum Gasteiger partial charge on any atom is 0.243 e. The Kier molecular flexibility index (Phi) is 12.0. The Hall–Kier alpha value is -5.12. The summed E-state index contributed by atoms with van der Waals surface area (Å²) < 4.78 is 14.7. The SMILES string of the molecule is O=C(CCCC(=O)NCc1ccccc1-c1ccc([C@H]2O[C@@H](CSc3nnnn3-c3ccc(O)cc3)C[C@@H](c3ccc(CO)cc3)O2)cc1)NO. The van der Waals surface area contributed by atoms with E-state index in [4.69, 9.17) is 14.7 Å². The van der Waals surface area contributed by atoms with Crippen LogP contribution in [0.3, 0.4) is 0 Å². The van der Waals surface area contributed by atoms with Gasteiger partial charge in [-0.2, -0.15) is 4.68 Å². The third-order valence-corrected chi connectivity index (χ3v) is 9.52. The van der Waals surface area contributed by atoms with E-state index in [1.54, 1.807) is 34.4 Å². The Morgan fingerprint density at radius 3 is 2.35 bits per heavy atom. The van der Waals surface area contributed by atoms with Crippen molar-refractivity contribution in [1.82, 2.24) is 31.0 Å². The van der Waals surface area contributed by atoms with Gasteiger partial charge < -0.3 is 25.0 Å². The van der Waals surface area contributed by atoms with Gasteiger partial charge in [0.15, 0.2) is 6.29 Å². The van der Waals surface area contributed by atoms with Crippen LogP contribution in [0.4, 0.5) is 0 Å². The summed E-state index contributed by atoms with van der Waals surface area (Å²) in [6.45, 7) is 0.282. The van der Waals surface area contributed by atoms with Gasteiger partial charge in [0.25, 0.3) is 0 Å². The summed E-state index contributed by atoms with van der Waals surface area (Å²) in [4.78, 5) is 23.6. The van der Waals surface area contributed by atoms with Crippen molar-refractivity contribution in [2.45, 2.75) is 62.5 Å². The molecular weight excluding hydrogens is 673 g/mol. The minimum Gasteiger partial charge on any atom is -0.508 e. The number of phenols is 1. The number of aromatic hydroxyl groups is 1. The molecule has 0 aliphatic carbocycles. The van der Waals surface area contributed by atoms with Gasteiger partial charge >= 0.3 is 0 Å². The van der Waals surface area contributed by atoms with Crippen molar-refractivity contribution in [3.05, 3.63) is 119 Å². The minimum atomic E-state index is -0.656. The second-order valence-corrected chi connectivity index (χ2v) is 13.0. The van der Waals surface area contributed by atoms with E-state index < -0.39 is 12.2 Å². The van der Waals surface area contributed by atoms with E-state index in [1.165, 1.54) is 11.8 Å². The number of tetrazole rings is 1. The van der Waals surface area contributed by atoms with Crippen molar-refractivity contribution >= 4 is 23.6 Å². The van der Waals surface area contributed by atoms with Crippen LogP contribution in [0.1, 0.15) is 60.3 Å². The van der Waals surface area contributed by atoms with Crippen LogP contribution in [0.2, 0.25) is 0 Å². The number of hydroxylamine groups is 1. The molecule has 0 spiro atoms. The third kappa shape index (κ3) is 9.36. The monoisotopic (exact) mass is 710 g/mol. The van der Waals surface area contributed by atoms with E-state index in [0.717, 1.165) is 39.1 Å². The van der Waals surface area contributed by atoms with Crippen molar-refractivity contribution in [1.29, 1.82) is 0 Å². The van der Waals surface area contributed by atoms with Gasteiger partial charge in [-0.3, -0.25) is 14.8 Å². The molecule has 0 bridgehead atoms. The number of hydrogen-bond donors (Lipinski definition) is 5. The van der Waals surface area contributed by atoms with Crippen molar-refractivity contribution in [2.24, 2.45) is 0 Å². The predicted octanol–water partition coefficient (Wildman–Crippen LogP) is 5.16. The number of hydrogen-bond acceptors (Lipinski definition) is 11. The zero-order chi connectivity index (χ0) is 35.6. The molecule has 264 valence electrons. The highest BCUT2D eigenvalue weighted by Crippen LogP contribution is 2.40. The summed E-state index contributed by atoms with van der Waals surface area (Å²) in [5.41, 5.74) is 7.81. The summed E-state index contributed by atoms with van der Waals surface area (Å²) in [6.07, 6.45) is 0.0253. The zero-order valence-corrected chi connectivity index (χ0v) is 28.4. The second kappa shape index (κ2) is 17.2. The Labute approximate surface area is 298 Å². The minimum absolute atomic E-state index is 0.0418. The molecule has 1 saturated heterocycles. The molecule has 1 fully saturated rings. The van der Waals surface area contributed by atoms with Crippen LogP contribution in [0.5, 0.6) is 5.75 Å². The van der Waals surface area contributed by atoms with Crippen LogP contribution in [-0.2, 0) is 32.2 Å². The van der Waals surface area contributed by atoms with Crippen molar-refractivity contribution in [2.75, 3.05) is 5.75 Å². The number of aliphatic hydroxyl groups is 1. The molecule has 0 radical (unpaired) electrons. The first kappa shape index (κ1) is 35.7. The van der Waals surface area contributed by atoms with Gasteiger partial charge in [0, 0.05) is 37.1 Å². The number of amides is 2. The lowest BCUT2D eigenvalue weighted by Crippen LogP contribution is -2.31. The fourth-order valence-electron chi connectivity index (χ4n) is 5.74. The van der Waals surface area contributed by atoms with Gasteiger partial charge in [0.05, 0.1) is 24.5 Å². The molecule has 1 aromatic heterocycles. The molecule has 2 heterocycles. The number of benzene rings is 4. The lowest BCUT2D eigenvalue weighted by Gasteiger charge is -2.36. The summed E-state index contributed by atoms with van der Waals surface area (Å²) >= 11 is 1.47. The first-order valence-corrected chi connectivity index (χ1v) is 17.5. The molecule has 1 aliphatic rings. The Bertz CT molecular complexity index is 1900. The zero-order valence-electron chi connectivity index (χ0n) is 27.6. The Morgan fingerprint density at radius 1 is 0.882 bits per heavy atom. The molecule has 0 unspecified atom stereocenters. The fourth-order valence-corrected chi connectivity index (χ4v) is 6.65. The maximum atomic E-state index is 12.4. The average molecular weight is 711 g/mol. The number of thioether (sulfide) groups is 1. The maximum absolute atomic E-state index is 12.4. The average Bonchev–Trinajstić information content (AvgIpc) is 3.65. The lowest BCUT2D eigenvalue weighted by molar-refractivity contribution is -0.245. The fraction of sp³-hybridized carbons (Fsp3) is 0.270. The molecule has 0 saturated carbocycles. The standard InChI is InChI=1S/C37H38N6O7S/c44-22-24-8-10-26(11-9-24)33-20-31(23-51-37-39-41-42-43(37)29-16-18-30(45)19-17-29)49-36(50-33)27-14-12-25(13-15-27)32-5-2-1-4-28(32)21-38-34(46)6-3-7-35(47)40-48/h1-2,4-5,8-19,31,33,36,44-45,48H,3,6-7,20-23H2,(H,38,46)(H,40,47)/t31-,33+,36+/m1/s1. The number of aliphatic hydroxyl groups excluding tert-OH is 1. The molecule has 51 heavy (non-hydrogen) atoms. The summed E-state index contributed by atoms with van der Waals surface area (Å²) in [5, 5.41) is 43.6. The van der Waals surface area contributed by atoms with Gasteiger partial charge in [0.1, 0.15) is 5.75 Å². The lowest BCUT2D eigenvalue weighted by atomic mass is 9.97. The first-order chi connectivity index (χ1) is 24.9. The predicted molar refractivity (Wildman–Crippen MR) is 187 cm³/mol. The van der Waals surface area contributed by atoms with Crippen molar-refractivity contribution in [3.63, 3.8) is 0 Å². The van der Waals surface area contributed by atoms with E-state index in [0.29, 0.717) is 30.3 Å². The molecule has 3 atom stereocenters. The molecule has 1 aliphatic heterocycles. The normalized spacial score (nSPS) is 17.2. The van der Waals surface area contributed by atoms with E-state index >= 15 is 0 Å². The molecule has 13 nitrogen and oxygen atoms in total. The van der Waals surface area contributed by atoms with Gasteiger partial charge in [-0.25, -0.2) is 5.48 Å². The smallest absolute Gasteiger partial charge is 0.243 e. The van der Waals surface area contributed by atoms with E-state index in [9.17, 15) is 19.8 Å². The van der Waals surface area contributed by atoms with Crippen LogP contribution in [0.15, 0.2) is 102 Å². The number of carbonyl (C=O) groups excluding carboxylic acids is 2. The molecule has 14 heteroatoms. The molecular formula is C37H38N6O7S. The quantitative estimate of drug-likeness (QED) is 0.0584. The number of nitrogens with one attached hydrogen (secondary N) is 2. The number of nitrogens with zero attached hydrogens (tertiary/aromatic N) is 4. The third-order valence-electron chi connectivity index (χ3n) is 8.47. The second-order valence-electron chi connectivity index (χ2n) is 12.0. The first-order valence-electron chi connectivity index (χ1n) is 16.5. The number of carbonyl (C=O) groups is 2. The van der Waals surface area contributed by atoms with Crippen LogP contribution in [0, 0.1) is 0 Å². The number of phenolic OH excluding ortho intramolecular Hbond substituents is 1.